The first-order chi connectivity index (χ1) is 14.7. The molecule has 150 valence electrons. The van der Waals surface area contributed by atoms with Crippen LogP contribution < -0.4 is 4.90 Å². The highest BCUT2D eigenvalue weighted by atomic mass is 16.3. The lowest BCUT2D eigenvalue weighted by molar-refractivity contribution is -0.0250. The minimum atomic E-state index is -0.344. The smallest absolute Gasteiger partial charge is 0.273 e. The standard InChI is InChI=1S/C23H20N4O3/c28-14-20-21-16-5-1-2-7-18(16)26(22(29)15-8-11-24-12-9-15)13-19(21)27(20)23(30)17-6-3-4-10-25-17/h1-12,19-21,28H,13-14H2/t19-,20-,21+/m0/s1. The second-order valence-corrected chi connectivity index (χ2v) is 7.48. The first-order valence-corrected chi connectivity index (χ1v) is 9.86. The fourth-order valence-electron chi connectivity index (χ4n) is 4.63. The van der Waals surface area contributed by atoms with E-state index in [9.17, 15) is 14.7 Å². The van der Waals surface area contributed by atoms with Gasteiger partial charge in [0.05, 0.1) is 18.7 Å². The SMILES string of the molecule is O=C(c1ccncc1)N1C[C@H]2[C@@H](c3ccccc31)[C@H](CO)N2C(=O)c1ccccn1. The van der Waals surface area contributed by atoms with Crippen molar-refractivity contribution in [1.82, 2.24) is 14.9 Å². The van der Waals surface area contributed by atoms with Crippen molar-refractivity contribution in [3.8, 4) is 0 Å². The average Bonchev–Trinajstić information content (AvgIpc) is 2.80. The van der Waals surface area contributed by atoms with Gasteiger partial charge in [-0.1, -0.05) is 24.3 Å². The van der Waals surface area contributed by atoms with Crippen LogP contribution in [0.15, 0.2) is 73.2 Å². The van der Waals surface area contributed by atoms with Gasteiger partial charge >= 0.3 is 0 Å². The number of aliphatic hydroxyl groups is 1. The number of benzene rings is 1. The molecule has 2 aliphatic heterocycles. The molecule has 2 aromatic heterocycles. The van der Waals surface area contributed by atoms with Gasteiger partial charge in [-0.15, -0.1) is 0 Å². The molecule has 2 aliphatic rings. The first kappa shape index (κ1) is 18.4. The second kappa shape index (κ2) is 7.35. The van der Waals surface area contributed by atoms with Crippen LogP contribution in [0, 0.1) is 0 Å². The van der Waals surface area contributed by atoms with E-state index in [1.54, 1.807) is 58.7 Å². The lowest BCUT2D eigenvalue weighted by Crippen LogP contribution is -2.70. The van der Waals surface area contributed by atoms with Crippen molar-refractivity contribution in [3.63, 3.8) is 0 Å². The zero-order valence-corrected chi connectivity index (χ0v) is 16.1. The summed E-state index contributed by atoms with van der Waals surface area (Å²) in [5.74, 6) is -0.395. The molecule has 0 bridgehead atoms. The maximum atomic E-state index is 13.3. The molecule has 2 amide bonds. The number of likely N-dealkylation sites (tertiary alicyclic amines) is 1. The number of hydrogen-bond donors (Lipinski definition) is 1. The third-order valence-electron chi connectivity index (χ3n) is 5.98. The Kier molecular flexibility index (Phi) is 4.52. The summed E-state index contributed by atoms with van der Waals surface area (Å²) >= 11 is 0. The summed E-state index contributed by atoms with van der Waals surface area (Å²) in [6.45, 7) is 0.213. The molecule has 5 rings (SSSR count). The molecule has 3 atom stereocenters. The highest BCUT2D eigenvalue weighted by Crippen LogP contribution is 2.48. The number of anilines is 1. The van der Waals surface area contributed by atoms with E-state index in [2.05, 4.69) is 9.97 Å². The summed E-state index contributed by atoms with van der Waals surface area (Å²) in [4.78, 5) is 38.0. The number of nitrogens with zero attached hydrogens (tertiary/aromatic N) is 4. The van der Waals surface area contributed by atoms with E-state index < -0.39 is 0 Å². The summed E-state index contributed by atoms with van der Waals surface area (Å²) in [7, 11) is 0. The fourth-order valence-corrected chi connectivity index (χ4v) is 4.63. The zero-order chi connectivity index (χ0) is 20.7. The van der Waals surface area contributed by atoms with Gasteiger partial charge in [0.25, 0.3) is 11.8 Å². The van der Waals surface area contributed by atoms with Gasteiger partial charge in [-0.25, -0.2) is 0 Å². The summed E-state index contributed by atoms with van der Waals surface area (Å²) in [6, 6.07) is 15.7. The molecule has 7 heteroatoms. The van der Waals surface area contributed by atoms with Crippen LogP contribution in [0.3, 0.4) is 0 Å². The Labute approximate surface area is 173 Å². The predicted octanol–water partition coefficient (Wildman–Crippen LogP) is 2.11. The normalized spacial score (nSPS) is 22.0. The number of hydrogen-bond acceptors (Lipinski definition) is 5. The van der Waals surface area contributed by atoms with Gasteiger partial charge in [-0.05, 0) is 35.9 Å². The Balaban J connectivity index is 1.54. The highest BCUT2D eigenvalue weighted by Gasteiger charge is 2.55. The lowest BCUT2D eigenvalue weighted by atomic mass is 9.71. The van der Waals surface area contributed by atoms with Gasteiger partial charge in [-0.2, -0.15) is 0 Å². The number of carbonyl (C=O) groups is 2. The molecule has 0 unspecified atom stereocenters. The van der Waals surface area contributed by atoms with E-state index in [4.69, 9.17) is 0 Å². The van der Waals surface area contributed by atoms with Crippen molar-refractivity contribution >= 4 is 17.5 Å². The molecule has 0 radical (unpaired) electrons. The maximum absolute atomic E-state index is 13.3. The number of rotatable bonds is 3. The number of fused-ring (bicyclic) bond motifs is 3. The third kappa shape index (κ3) is 2.78. The van der Waals surface area contributed by atoms with Gasteiger partial charge in [0.2, 0.25) is 0 Å². The van der Waals surface area contributed by atoms with Crippen molar-refractivity contribution in [2.75, 3.05) is 18.1 Å². The molecule has 0 saturated carbocycles. The van der Waals surface area contributed by atoms with Crippen molar-refractivity contribution < 1.29 is 14.7 Å². The number of aliphatic hydroxyl groups excluding tert-OH is 1. The van der Waals surface area contributed by atoms with Crippen LogP contribution in [0.25, 0.3) is 0 Å². The molecule has 7 nitrogen and oxygen atoms in total. The first-order valence-electron chi connectivity index (χ1n) is 9.86. The summed E-state index contributed by atoms with van der Waals surface area (Å²) in [5, 5.41) is 10.1. The van der Waals surface area contributed by atoms with E-state index in [0.29, 0.717) is 17.8 Å². The molecule has 4 heterocycles. The Bertz CT molecular complexity index is 1090. The topological polar surface area (TPSA) is 86.6 Å². The third-order valence-corrected chi connectivity index (χ3v) is 5.98. The average molecular weight is 400 g/mol. The molecule has 3 aromatic rings. The fraction of sp³-hybridized carbons (Fsp3) is 0.217. The van der Waals surface area contributed by atoms with Gasteiger partial charge < -0.3 is 14.9 Å². The van der Waals surface area contributed by atoms with Crippen LogP contribution in [0.1, 0.15) is 32.3 Å². The van der Waals surface area contributed by atoms with E-state index in [1.165, 1.54) is 0 Å². The van der Waals surface area contributed by atoms with E-state index in [1.807, 2.05) is 24.3 Å². The maximum Gasteiger partial charge on any atom is 0.273 e. The quantitative estimate of drug-likeness (QED) is 0.728. The number of para-hydroxylation sites is 1. The van der Waals surface area contributed by atoms with Crippen LogP contribution in [0.2, 0.25) is 0 Å². The van der Waals surface area contributed by atoms with Crippen molar-refractivity contribution in [2.24, 2.45) is 0 Å². The minimum Gasteiger partial charge on any atom is -0.394 e. The zero-order valence-electron chi connectivity index (χ0n) is 16.1. The monoisotopic (exact) mass is 400 g/mol. The van der Waals surface area contributed by atoms with E-state index in [-0.39, 0.29) is 36.4 Å². The second-order valence-electron chi connectivity index (χ2n) is 7.48. The van der Waals surface area contributed by atoms with Gasteiger partial charge in [-0.3, -0.25) is 19.6 Å². The van der Waals surface area contributed by atoms with Crippen LogP contribution >= 0.6 is 0 Å². The Morgan fingerprint density at radius 3 is 2.47 bits per heavy atom. The molecule has 1 aromatic carbocycles. The van der Waals surface area contributed by atoms with Gasteiger partial charge in [0.15, 0.2) is 0 Å². The van der Waals surface area contributed by atoms with Crippen LogP contribution in [0.5, 0.6) is 0 Å². The largest absolute Gasteiger partial charge is 0.394 e. The van der Waals surface area contributed by atoms with Gasteiger partial charge in [0.1, 0.15) is 5.69 Å². The van der Waals surface area contributed by atoms with Crippen molar-refractivity contribution in [2.45, 2.75) is 18.0 Å². The number of pyridine rings is 2. The lowest BCUT2D eigenvalue weighted by Gasteiger charge is -2.58. The van der Waals surface area contributed by atoms with Crippen molar-refractivity contribution in [3.05, 3.63) is 90.0 Å². The van der Waals surface area contributed by atoms with E-state index in [0.717, 1.165) is 11.3 Å². The van der Waals surface area contributed by atoms with Crippen molar-refractivity contribution in [1.29, 1.82) is 0 Å². The molecule has 1 fully saturated rings. The molecular weight excluding hydrogens is 380 g/mol. The molecule has 30 heavy (non-hydrogen) atoms. The molecule has 0 spiro atoms. The Morgan fingerprint density at radius 1 is 0.967 bits per heavy atom. The molecule has 0 aliphatic carbocycles. The molecular formula is C23H20N4O3. The minimum absolute atomic E-state index is 0.0275. The number of amides is 2. The van der Waals surface area contributed by atoms with E-state index >= 15 is 0 Å². The molecule has 1 N–H and O–H groups in total. The van der Waals surface area contributed by atoms with Crippen LogP contribution in [0.4, 0.5) is 5.69 Å². The summed E-state index contributed by atoms with van der Waals surface area (Å²) in [6.07, 6.45) is 4.76. The Hall–Kier alpha value is -3.58. The number of aromatic nitrogens is 2. The number of carbonyl (C=O) groups excluding carboxylic acids is 2. The predicted molar refractivity (Wildman–Crippen MR) is 110 cm³/mol. The Morgan fingerprint density at radius 2 is 1.73 bits per heavy atom. The van der Waals surface area contributed by atoms with Crippen LogP contribution in [-0.2, 0) is 0 Å². The summed E-state index contributed by atoms with van der Waals surface area (Å²) in [5.41, 5.74) is 2.67. The van der Waals surface area contributed by atoms with Crippen LogP contribution in [-0.4, -0.2) is 57.0 Å². The highest BCUT2D eigenvalue weighted by molar-refractivity contribution is 6.07. The summed E-state index contributed by atoms with van der Waals surface area (Å²) < 4.78 is 0. The molecule has 1 saturated heterocycles. The van der Waals surface area contributed by atoms with Gasteiger partial charge in [0, 0.05) is 42.3 Å².